The largest absolute Gasteiger partial charge is 0.399 e. The van der Waals surface area contributed by atoms with E-state index in [1.165, 1.54) is 0 Å². The molecular formula is C19H24ClN3O2. The monoisotopic (exact) mass is 361 g/mol. The third kappa shape index (κ3) is 6.85. The van der Waals surface area contributed by atoms with Crippen LogP contribution in [0.15, 0.2) is 48.5 Å². The Morgan fingerprint density at radius 3 is 2.28 bits per heavy atom. The topological polar surface area (TPSA) is 84.2 Å². The number of benzene rings is 2. The number of rotatable bonds is 4. The lowest BCUT2D eigenvalue weighted by atomic mass is 10.1. The summed E-state index contributed by atoms with van der Waals surface area (Å²) >= 11 is 0. The highest BCUT2D eigenvalue weighted by atomic mass is 35.5. The fourth-order valence-corrected chi connectivity index (χ4v) is 2.18. The number of nitrogen functional groups attached to an aromatic ring is 1. The Bertz CT molecular complexity index is 737. The smallest absolute Gasteiger partial charge is 0.251 e. The van der Waals surface area contributed by atoms with Gasteiger partial charge in [0.05, 0.1) is 6.42 Å². The first kappa shape index (κ1) is 20.5. The number of nitrogens with one attached hydrogen (secondary N) is 2. The van der Waals surface area contributed by atoms with Gasteiger partial charge in [0.25, 0.3) is 5.91 Å². The number of nitrogens with two attached hydrogens (primary N) is 1. The van der Waals surface area contributed by atoms with E-state index < -0.39 is 0 Å². The van der Waals surface area contributed by atoms with Crippen LogP contribution in [-0.4, -0.2) is 17.4 Å². The van der Waals surface area contributed by atoms with Crippen molar-refractivity contribution in [2.24, 2.45) is 0 Å². The second kappa shape index (κ2) is 8.53. The third-order valence-electron chi connectivity index (χ3n) is 3.24. The van der Waals surface area contributed by atoms with Gasteiger partial charge in [-0.15, -0.1) is 12.4 Å². The summed E-state index contributed by atoms with van der Waals surface area (Å²) in [6.07, 6.45) is 0.249. The molecule has 0 heterocycles. The second-order valence-corrected chi connectivity index (χ2v) is 6.75. The maximum atomic E-state index is 12.2. The molecule has 0 saturated heterocycles. The second-order valence-electron chi connectivity index (χ2n) is 6.75. The van der Waals surface area contributed by atoms with E-state index in [0.29, 0.717) is 16.9 Å². The van der Waals surface area contributed by atoms with Crippen molar-refractivity contribution in [3.05, 3.63) is 59.7 Å². The molecule has 2 rings (SSSR count). The van der Waals surface area contributed by atoms with Crippen LogP contribution in [0, 0.1) is 0 Å². The Morgan fingerprint density at radius 2 is 1.68 bits per heavy atom. The molecule has 0 fully saturated rings. The minimum absolute atomic E-state index is 0. The number of carbonyl (C=O) groups is 2. The molecule has 0 bridgehead atoms. The molecule has 0 spiro atoms. The van der Waals surface area contributed by atoms with Gasteiger partial charge >= 0.3 is 0 Å². The van der Waals surface area contributed by atoms with Crippen LogP contribution in [0.3, 0.4) is 0 Å². The summed E-state index contributed by atoms with van der Waals surface area (Å²) in [6, 6.07) is 14.1. The minimum Gasteiger partial charge on any atom is -0.399 e. The van der Waals surface area contributed by atoms with Gasteiger partial charge in [0.15, 0.2) is 0 Å². The fraction of sp³-hybridized carbons (Fsp3) is 0.263. The Morgan fingerprint density at radius 1 is 1.04 bits per heavy atom. The molecule has 0 aliphatic carbocycles. The molecular weight excluding hydrogens is 338 g/mol. The van der Waals surface area contributed by atoms with Crippen molar-refractivity contribution in [1.29, 1.82) is 0 Å². The molecule has 0 aliphatic heterocycles. The number of hydrogen-bond acceptors (Lipinski definition) is 3. The van der Waals surface area contributed by atoms with Gasteiger partial charge in [-0.05, 0) is 56.7 Å². The maximum absolute atomic E-state index is 12.2. The number of amides is 2. The van der Waals surface area contributed by atoms with Crippen molar-refractivity contribution in [1.82, 2.24) is 5.32 Å². The predicted molar refractivity (Wildman–Crippen MR) is 104 cm³/mol. The van der Waals surface area contributed by atoms with Crippen LogP contribution in [0.2, 0.25) is 0 Å². The fourth-order valence-electron chi connectivity index (χ4n) is 2.18. The van der Waals surface area contributed by atoms with Crippen molar-refractivity contribution < 1.29 is 9.59 Å². The molecule has 0 atom stereocenters. The zero-order valence-corrected chi connectivity index (χ0v) is 15.4. The van der Waals surface area contributed by atoms with E-state index in [1.807, 2.05) is 32.9 Å². The molecule has 2 aromatic carbocycles. The standard InChI is InChI=1S/C19H23N3O2.ClH/c1-19(2,3)22-18(24)14-5-4-6-16(12-14)21-17(23)11-13-7-9-15(20)10-8-13;/h4-10,12H,11,20H2,1-3H3,(H,21,23)(H,22,24);1H. The van der Waals surface area contributed by atoms with Gasteiger partial charge in [-0.25, -0.2) is 0 Å². The van der Waals surface area contributed by atoms with Gasteiger partial charge in [0, 0.05) is 22.5 Å². The average Bonchev–Trinajstić information content (AvgIpc) is 2.48. The van der Waals surface area contributed by atoms with Crippen molar-refractivity contribution >= 4 is 35.6 Å². The van der Waals surface area contributed by atoms with Crippen LogP contribution >= 0.6 is 12.4 Å². The average molecular weight is 362 g/mol. The molecule has 0 aliphatic rings. The predicted octanol–water partition coefficient (Wildman–Crippen LogP) is 3.40. The van der Waals surface area contributed by atoms with Crippen LogP contribution < -0.4 is 16.4 Å². The molecule has 5 nitrogen and oxygen atoms in total. The minimum atomic E-state index is -0.314. The summed E-state index contributed by atoms with van der Waals surface area (Å²) in [4.78, 5) is 24.3. The summed E-state index contributed by atoms with van der Waals surface area (Å²) < 4.78 is 0. The van der Waals surface area contributed by atoms with E-state index in [9.17, 15) is 9.59 Å². The Kier molecular flexibility index (Phi) is 7.00. The highest BCUT2D eigenvalue weighted by Crippen LogP contribution is 2.13. The Hall–Kier alpha value is -2.53. The van der Waals surface area contributed by atoms with Gasteiger partial charge < -0.3 is 16.4 Å². The molecule has 4 N–H and O–H groups in total. The van der Waals surface area contributed by atoms with Gasteiger partial charge in [-0.1, -0.05) is 18.2 Å². The SMILES string of the molecule is CC(C)(C)NC(=O)c1cccc(NC(=O)Cc2ccc(N)cc2)c1.Cl. The van der Waals surface area contributed by atoms with E-state index in [-0.39, 0.29) is 36.2 Å². The maximum Gasteiger partial charge on any atom is 0.251 e. The Balaban J connectivity index is 0.00000312. The zero-order valence-electron chi connectivity index (χ0n) is 14.6. The molecule has 134 valence electrons. The molecule has 2 aromatic rings. The molecule has 0 aromatic heterocycles. The van der Waals surface area contributed by atoms with Crippen molar-refractivity contribution in [3.8, 4) is 0 Å². The first-order chi connectivity index (χ1) is 11.2. The summed E-state index contributed by atoms with van der Waals surface area (Å²) in [7, 11) is 0. The molecule has 0 radical (unpaired) electrons. The highest BCUT2D eigenvalue weighted by molar-refractivity contribution is 5.97. The summed E-state index contributed by atoms with van der Waals surface area (Å²) in [5.41, 5.74) is 7.96. The highest BCUT2D eigenvalue weighted by Gasteiger charge is 2.15. The van der Waals surface area contributed by atoms with Crippen LogP contribution in [0.25, 0.3) is 0 Å². The normalized spacial score (nSPS) is 10.5. The Labute approximate surface area is 154 Å². The van der Waals surface area contributed by atoms with Crippen LogP contribution in [-0.2, 0) is 11.2 Å². The van der Waals surface area contributed by atoms with E-state index >= 15 is 0 Å². The molecule has 0 unspecified atom stereocenters. The lowest BCUT2D eigenvalue weighted by molar-refractivity contribution is -0.115. The molecule has 6 heteroatoms. The van der Waals surface area contributed by atoms with E-state index in [4.69, 9.17) is 5.73 Å². The first-order valence-electron chi connectivity index (χ1n) is 7.80. The summed E-state index contributed by atoms with van der Waals surface area (Å²) in [6.45, 7) is 5.76. The first-order valence-corrected chi connectivity index (χ1v) is 7.80. The van der Waals surface area contributed by atoms with Crippen molar-refractivity contribution in [3.63, 3.8) is 0 Å². The number of anilines is 2. The lowest BCUT2D eigenvalue weighted by Gasteiger charge is -2.20. The van der Waals surface area contributed by atoms with E-state index in [0.717, 1.165) is 5.56 Å². The van der Waals surface area contributed by atoms with Gasteiger partial charge in [0.2, 0.25) is 5.91 Å². The quantitative estimate of drug-likeness (QED) is 0.730. The van der Waals surface area contributed by atoms with Gasteiger partial charge in [0.1, 0.15) is 0 Å². The number of carbonyl (C=O) groups excluding carboxylic acids is 2. The molecule has 0 saturated carbocycles. The molecule has 2 amide bonds. The van der Waals surface area contributed by atoms with Crippen LogP contribution in [0.4, 0.5) is 11.4 Å². The molecule has 25 heavy (non-hydrogen) atoms. The van der Waals surface area contributed by atoms with Gasteiger partial charge in [-0.2, -0.15) is 0 Å². The number of halogens is 1. The summed E-state index contributed by atoms with van der Waals surface area (Å²) in [5, 5.41) is 5.71. The lowest BCUT2D eigenvalue weighted by Crippen LogP contribution is -2.40. The summed E-state index contributed by atoms with van der Waals surface area (Å²) in [5.74, 6) is -0.315. The van der Waals surface area contributed by atoms with Gasteiger partial charge in [-0.3, -0.25) is 9.59 Å². The van der Waals surface area contributed by atoms with Crippen LogP contribution in [0.5, 0.6) is 0 Å². The number of hydrogen-bond donors (Lipinski definition) is 3. The van der Waals surface area contributed by atoms with Crippen LogP contribution in [0.1, 0.15) is 36.7 Å². The van der Waals surface area contributed by atoms with Crippen molar-refractivity contribution in [2.75, 3.05) is 11.1 Å². The van der Waals surface area contributed by atoms with E-state index in [2.05, 4.69) is 10.6 Å². The zero-order chi connectivity index (χ0) is 17.7. The third-order valence-corrected chi connectivity index (χ3v) is 3.24. The van der Waals surface area contributed by atoms with Crippen molar-refractivity contribution in [2.45, 2.75) is 32.7 Å². The van der Waals surface area contributed by atoms with E-state index in [1.54, 1.807) is 36.4 Å².